The van der Waals surface area contributed by atoms with Gasteiger partial charge in [0.15, 0.2) is 0 Å². The summed E-state index contributed by atoms with van der Waals surface area (Å²) in [6, 6.07) is 5.16. The summed E-state index contributed by atoms with van der Waals surface area (Å²) in [5, 5.41) is 13.2. The zero-order valence-corrected chi connectivity index (χ0v) is 15.0. The van der Waals surface area contributed by atoms with E-state index in [4.69, 9.17) is 16.3 Å². The SMILES string of the molecule is C=N/C(Cl)=C\C(Nc1cccc(C(C)(C)O)n1)=C(/C)C(=O)OCC. The van der Waals surface area contributed by atoms with Crippen molar-refractivity contribution in [3.05, 3.63) is 46.4 Å². The molecule has 1 rings (SSSR count). The largest absolute Gasteiger partial charge is 0.463 e. The van der Waals surface area contributed by atoms with Gasteiger partial charge < -0.3 is 15.2 Å². The van der Waals surface area contributed by atoms with Crippen LogP contribution in [-0.2, 0) is 15.1 Å². The van der Waals surface area contributed by atoms with E-state index in [1.54, 1.807) is 45.9 Å². The van der Waals surface area contributed by atoms with Gasteiger partial charge in [0.2, 0.25) is 0 Å². The lowest BCUT2D eigenvalue weighted by Crippen LogP contribution is -2.18. The highest BCUT2D eigenvalue weighted by Crippen LogP contribution is 2.21. The number of nitrogens with zero attached hydrogens (tertiary/aromatic N) is 2. The number of carbonyl (C=O) groups is 1. The minimum atomic E-state index is -1.09. The summed E-state index contributed by atoms with van der Waals surface area (Å²) >= 11 is 5.90. The summed E-state index contributed by atoms with van der Waals surface area (Å²) in [5.74, 6) is -0.0403. The third kappa shape index (κ3) is 5.79. The van der Waals surface area contributed by atoms with Crippen molar-refractivity contribution < 1.29 is 14.6 Å². The molecule has 0 aliphatic rings. The van der Waals surface area contributed by atoms with E-state index in [1.165, 1.54) is 6.08 Å². The van der Waals surface area contributed by atoms with Crippen molar-refractivity contribution in [2.45, 2.75) is 33.3 Å². The number of aromatic nitrogens is 1. The van der Waals surface area contributed by atoms with Crippen LogP contribution in [0.1, 0.15) is 33.4 Å². The smallest absolute Gasteiger partial charge is 0.335 e. The molecule has 2 N–H and O–H groups in total. The van der Waals surface area contributed by atoms with E-state index in [9.17, 15) is 9.90 Å². The van der Waals surface area contributed by atoms with E-state index >= 15 is 0 Å². The molecule has 1 aromatic heterocycles. The van der Waals surface area contributed by atoms with Crippen LogP contribution in [0.2, 0.25) is 0 Å². The Morgan fingerprint density at radius 1 is 1.54 bits per heavy atom. The van der Waals surface area contributed by atoms with Gasteiger partial charge in [-0.25, -0.2) is 9.78 Å². The molecule has 1 aromatic rings. The Morgan fingerprint density at radius 3 is 2.75 bits per heavy atom. The highest BCUT2D eigenvalue weighted by Gasteiger charge is 2.18. The molecular weight excluding hydrogens is 330 g/mol. The second kappa shape index (κ2) is 8.61. The van der Waals surface area contributed by atoms with Crippen LogP contribution in [0, 0.1) is 0 Å². The van der Waals surface area contributed by atoms with Crippen molar-refractivity contribution in [3.8, 4) is 0 Å². The molecular formula is C17H22ClN3O3. The van der Waals surface area contributed by atoms with E-state index in [2.05, 4.69) is 22.0 Å². The molecule has 130 valence electrons. The molecule has 0 amide bonds. The number of halogens is 1. The molecule has 0 atom stereocenters. The van der Waals surface area contributed by atoms with Gasteiger partial charge in [0.05, 0.1) is 23.6 Å². The Kier molecular flexibility index (Phi) is 7.13. The number of hydrogen-bond donors (Lipinski definition) is 2. The zero-order chi connectivity index (χ0) is 18.3. The Hall–Kier alpha value is -2.18. The lowest BCUT2D eigenvalue weighted by molar-refractivity contribution is -0.138. The number of allylic oxidation sites excluding steroid dienone is 1. The number of hydrogen-bond acceptors (Lipinski definition) is 6. The number of anilines is 1. The highest BCUT2D eigenvalue weighted by atomic mass is 35.5. The number of pyridine rings is 1. The Labute approximate surface area is 146 Å². The minimum absolute atomic E-state index is 0.111. The molecule has 6 nitrogen and oxygen atoms in total. The molecule has 0 unspecified atom stereocenters. The number of aliphatic hydroxyl groups is 1. The minimum Gasteiger partial charge on any atom is -0.463 e. The topological polar surface area (TPSA) is 83.8 Å². The fourth-order valence-electron chi connectivity index (χ4n) is 1.74. The first-order valence-electron chi connectivity index (χ1n) is 7.38. The summed E-state index contributed by atoms with van der Waals surface area (Å²) in [6.07, 6.45) is 1.46. The third-order valence-electron chi connectivity index (χ3n) is 3.04. The van der Waals surface area contributed by atoms with Gasteiger partial charge in [-0.15, -0.1) is 0 Å². The van der Waals surface area contributed by atoms with Gasteiger partial charge in [-0.05, 0) is 52.6 Å². The Bertz CT molecular complexity index is 676. The van der Waals surface area contributed by atoms with E-state index < -0.39 is 11.6 Å². The monoisotopic (exact) mass is 351 g/mol. The van der Waals surface area contributed by atoms with E-state index in [0.29, 0.717) is 22.8 Å². The molecule has 0 bridgehead atoms. The van der Waals surface area contributed by atoms with Crippen LogP contribution in [0.25, 0.3) is 0 Å². The summed E-state index contributed by atoms with van der Waals surface area (Å²) in [6.45, 7) is 10.2. The molecule has 0 aliphatic carbocycles. The number of rotatable bonds is 7. The third-order valence-corrected chi connectivity index (χ3v) is 3.27. The van der Waals surface area contributed by atoms with Crippen LogP contribution in [-0.4, -0.2) is 29.4 Å². The normalized spacial score (nSPS) is 13.2. The fourth-order valence-corrected chi connectivity index (χ4v) is 1.84. The van der Waals surface area contributed by atoms with Gasteiger partial charge in [0.25, 0.3) is 0 Å². The first-order valence-corrected chi connectivity index (χ1v) is 7.75. The molecule has 0 aromatic carbocycles. The van der Waals surface area contributed by atoms with Gasteiger partial charge in [-0.2, -0.15) is 0 Å². The molecule has 0 saturated carbocycles. The Balaban J connectivity index is 3.26. The first kappa shape index (κ1) is 19.9. The zero-order valence-electron chi connectivity index (χ0n) is 14.3. The number of carbonyl (C=O) groups excluding carboxylic acids is 1. The van der Waals surface area contributed by atoms with Crippen molar-refractivity contribution in [1.82, 2.24) is 4.98 Å². The van der Waals surface area contributed by atoms with E-state index in [-0.39, 0.29) is 11.8 Å². The molecule has 1 heterocycles. The van der Waals surface area contributed by atoms with Crippen molar-refractivity contribution >= 4 is 30.1 Å². The predicted molar refractivity (Wildman–Crippen MR) is 95.9 cm³/mol. The summed E-state index contributed by atoms with van der Waals surface area (Å²) in [5.41, 5.74) is 0.0893. The van der Waals surface area contributed by atoms with Gasteiger partial charge in [0, 0.05) is 0 Å². The first-order chi connectivity index (χ1) is 11.2. The number of esters is 1. The van der Waals surface area contributed by atoms with Crippen LogP contribution in [0.5, 0.6) is 0 Å². The maximum Gasteiger partial charge on any atom is 0.335 e. The molecule has 0 radical (unpaired) electrons. The van der Waals surface area contributed by atoms with Crippen LogP contribution in [0.4, 0.5) is 5.82 Å². The summed E-state index contributed by atoms with van der Waals surface area (Å²) in [4.78, 5) is 19.9. The summed E-state index contributed by atoms with van der Waals surface area (Å²) in [7, 11) is 0. The van der Waals surface area contributed by atoms with Gasteiger partial charge in [0.1, 0.15) is 16.6 Å². The van der Waals surface area contributed by atoms with Gasteiger partial charge >= 0.3 is 5.97 Å². The average molecular weight is 352 g/mol. The lowest BCUT2D eigenvalue weighted by atomic mass is 10.1. The second-order valence-electron chi connectivity index (χ2n) is 5.48. The highest BCUT2D eigenvalue weighted by molar-refractivity contribution is 6.29. The summed E-state index contributed by atoms with van der Waals surface area (Å²) < 4.78 is 5.00. The molecule has 0 aliphatic heterocycles. The van der Waals surface area contributed by atoms with E-state index in [0.717, 1.165) is 0 Å². The van der Waals surface area contributed by atoms with Crippen LogP contribution in [0.3, 0.4) is 0 Å². The van der Waals surface area contributed by atoms with Gasteiger partial charge in [-0.3, -0.25) is 4.99 Å². The molecule has 24 heavy (non-hydrogen) atoms. The Morgan fingerprint density at radius 2 is 2.21 bits per heavy atom. The standard InChI is InChI=1S/C17H22ClN3O3/c1-6-24-16(22)11(2)12(10-14(18)19-5)20-15-9-7-8-13(21-15)17(3,4)23/h7-10,23H,5-6H2,1-4H3,(H,20,21)/b12-11-,14-10-. The number of aliphatic imine (C=N–C) groups is 1. The predicted octanol–water partition coefficient (Wildman–Crippen LogP) is 3.34. The quantitative estimate of drug-likeness (QED) is 0.259. The lowest BCUT2D eigenvalue weighted by Gasteiger charge is -2.18. The van der Waals surface area contributed by atoms with E-state index in [1.807, 2.05) is 0 Å². The maximum absolute atomic E-state index is 12.0. The second-order valence-corrected chi connectivity index (χ2v) is 5.86. The average Bonchev–Trinajstić information content (AvgIpc) is 2.53. The van der Waals surface area contributed by atoms with Crippen LogP contribution < -0.4 is 5.32 Å². The van der Waals surface area contributed by atoms with Gasteiger partial charge in [-0.1, -0.05) is 17.7 Å². The number of ether oxygens (including phenoxy) is 1. The van der Waals surface area contributed by atoms with Crippen molar-refractivity contribution in [1.29, 1.82) is 0 Å². The van der Waals surface area contributed by atoms with Crippen molar-refractivity contribution in [3.63, 3.8) is 0 Å². The maximum atomic E-state index is 12.0. The fraction of sp³-hybridized carbons (Fsp3) is 0.353. The van der Waals surface area contributed by atoms with Crippen LogP contribution in [0.15, 0.2) is 45.7 Å². The van der Waals surface area contributed by atoms with Crippen molar-refractivity contribution in [2.75, 3.05) is 11.9 Å². The molecule has 0 spiro atoms. The molecule has 7 heteroatoms. The van der Waals surface area contributed by atoms with Crippen molar-refractivity contribution in [2.24, 2.45) is 4.99 Å². The van der Waals surface area contributed by atoms with Crippen LogP contribution >= 0.6 is 11.6 Å². The molecule has 0 saturated heterocycles. The molecule has 0 fully saturated rings. The number of nitrogens with one attached hydrogen (secondary N) is 1.